The van der Waals surface area contributed by atoms with Gasteiger partial charge in [0.2, 0.25) is 0 Å². The maximum absolute atomic E-state index is 11.8. The minimum absolute atomic E-state index is 0.270. The molecular formula is C27H25NO3. The highest BCUT2D eigenvalue weighted by Gasteiger charge is 2.13. The van der Waals surface area contributed by atoms with Crippen molar-refractivity contribution in [3.63, 3.8) is 0 Å². The zero-order valence-electron chi connectivity index (χ0n) is 17.8. The Balaban J connectivity index is 1.61. The molecule has 0 saturated heterocycles. The van der Waals surface area contributed by atoms with Crippen molar-refractivity contribution in [1.82, 2.24) is 4.98 Å². The third kappa shape index (κ3) is 4.58. The maximum Gasteiger partial charge on any atom is 0.336 e. The predicted octanol–water partition coefficient (Wildman–Crippen LogP) is 6.75. The molecule has 0 atom stereocenters. The first-order valence-electron chi connectivity index (χ1n) is 10.5. The number of pyridine rings is 1. The topological polar surface area (TPSA) is 59.4 Å². The zero-order chi connectivity index (χ0) is 21.8. The molecule has 4 rings (SSSR count). The summed E-state index contributed by atoms with van der Waals surface area (Å²) < 4.78 is 5.73. The first-order chi connectivity index (χ1) is 15.0. The van der Waals surface area contributed by atoms with Gasteiger partial charge in [0.05, 0.1) is 23.4 Å². The number of rotatable bonds is 7. The van der Waals surface area contributed by atoms with Gasteiger partial charge in [0.15, 0.2) is 0 Å². The van der Waals surface area contributed by atoms with Crippen molar-refractivity contribution in [3.8, 4) is 28.1 Å². The van der Waals surface area contributed by atoms with Crippen LogP contribution < -0.4 is 4.74 Å². The van der Waals surface area contributed by atoms with E-state index in [1.54, 1.807) is 6.07 Å². The van der Waals surface area contributed by atoms with Crippen molar-refractivity contribution in [2.24, 2.45) is 0 Å². The summed E-state index contributed by atoms with van der Waals surface area (Å²) in [6.07, 6.45) is 2.17. The van der Waals surface area contributed by atoms with Gasteiger partial charge < -0.3 is 9.84 Å². The maximum atomic E-state index is 11.8. The summed E-state index contributed by atoms with van der Waals surface area (Å²) in [6, 6.07) is 23.5. The van der Waals surface area contributed by atoms with Crippen molar-refractivity contribution < 1.29 is 14.6 Å². The standard InChI is InChI=1S/C27H25NO3/c1-3-4-15-31-22-12-10-20(11-13-22)19-6-8-21(9-7-19)26-17-24(27(29)30)23-16-18(2)5-14-25(23)28-26/h5-14,16-17H,3-4,15H2,1-2H3,(H,29,30). The number of unbranched alkanes of at least 4 members (excludes halogenated alkanes) is 1. The van der Waals surface area contributed by atoms with Gasteiger partial charge in [-0.1, -0.05) is 61.4 Å². The summed E-state index contributed by atoms with van der Waals surface area (Å²) in [5.74, 6) is -0.0669. The van der Waals surface area contributed by atoms with E-state index in [0.29, 0.717) is 16.6 Å². The van der Waals surface area contributed by atoms with Crippen LogP contribution in [0.1, 0.15) is 35.7 Å². The zero-order valence-corrected chi connectivity index (χ0v) is 17.8. The first-order valence-corrected chi connectivity index (χ1v) is 10.5. The van der Waals surface area contributed by atoms with E-state index in [9.17, 15) is 9.90 Å². The smallest absolute Gasteiger partial charge is 0.336 e. The van der Waals surface area contributed by atoms with Gasteiger partial charge in [-0.25, -0.2) is 9.78 Å². The van der Waals surface area contributed by atoms with E-state index in [2.05, 4.69) is 19.1 Å². The molecule has 4 heteroatoms. The molecule has 0 spiro atoms. The molecular weight excluding hydrogens is 386 g/mol. The number of carbonyl (C=O) groups is 1. The van der Waals surface area contributed by atoms with Gasteiger partial charge in [-0.15, -0.1) is 0 Å². The average Bonchev–Trinajstić information content (AvgIpc) is 2.79. The van der Waals surface area contributed by atoms with Crippen LogP contribution in [0.5, 0.6) is 5.75 Å². The summed E-state index contributed by atoms with van der Waals surface area (Å²) in [4.78, 5) is 16.5. The molecule has 0 radical (unpaired) electrons. The highest BCUT2D eigenvalue weighted by molar-refractivity contribution is 6.04. The van der Waals surface area contributed by atoms with Crippen molar-refractivity contribution >= 4 is 16.9 Å². The summed E-state index contributed by atoms with van der Waals surface area (Å²) >= 11 is 0. The summed E-state index contributed by atoms with van der Waals surface area (Å²) in [5, 5.41) is 10.4. The molecule has 0 saturated carbocycles. The van der Waals surface area contributed by atoms with E-state index in [0.717, 1.165) is 47.5 Å². The quantitative estimate of drug-likeness (QED) is 0.342. The summed E-state index contributed by atoms with van der Waals surface area (Å²) in [6.45, 7) is 4.83. The number of benzene rings is 3. The fourth-order valence-corrected chi connectivity index (χ4v) is 3.58. The van der Waals surface area contributed by atoms with Gasteiger partial charge in [-0.05, 0) is 54.8 Å². The molecule has 0 aliphatic rings. The summed E-state index contributed by atoms with van der Waals surface area (Å²) in [7, 11) is 0. The Morgan fingerprint density at radius 1 is 0.903 bits per heavy atom. The second-order valence-electron chi connectivity index (χ2n) is 7.68. The van der Waals surface area contributed by atoms with Crippen molar-refractivity contribution in [3.05, 3.63) is 83.9 Å². The lowest BCUT2D eigenvalue weighted by Gasteiger charge is -2.10. The number of aromatic carboxylic acids is 1. The van der Waals surface area contributed by atoms with Crippen LogP contribution in [-0.4, -0.2) is 22.7 Å². The number of carboxylic acids is 1. The number of aromatic nitrogens is 1. The third-order valence-corrected chi connectivity index (χ3v) is 5.33. The fraction of sp³-hybridized carbons (Fsp3) is 0.185. The van der Waals surface area contributed by atoms with Gasteiger partial charge in [0.25, 0.3) is 0 Å². The number of carboxylic acid groups (broad SMARTS) is 1. The Hall–Kier alpha value is -3.66. The highest BCUT2D eigenvalue weighted by atomic mass is 16.5. The van der Waals surface area contributed by atoms with Crippen LogP contribution in [0.2, 0.25) is 0 Å². The normalized spacial score (nSPS) is 10.9. The van der Waals surface area contributed by atoms with Crippen molar-refractivity contribution in [2.45, 2.75) is 26.7 Å². The molecule has 3 aromatic carbocycles. The molecule has 0 fully saturated rings. The molecule has 156 valence electrons. The molecule has 0 unspecified atom stereocenters. The van der Waals surface area contributed by atoms with Crippen LogP contribution >= 0.6 is 0 Å². The fourth-order valence-electron chi connectivity index (χ4n) is 3.58. The van der Waals surface area contributed by atoms with Crippen LogP contribution in [0.3, 0.4) is 0 Å². The van der Waals surface area contributed by atoms with Gasteiger partial charge in [0, 0.05) is 10.9 Å². The second-order valence-corrected chi connectivity index (χ2v) is 7.68. The van der Waals surface area contributed by atoms with Crippen LogP contribution in [-0.2, 0) is 0 Å². The lowest BCUT2D eigenvalue weighted by Crippen LogP contribution is -2.00. The first kappa shape index (κ1) is 20.6. The van der Waals surface area contributed by atoms with E-state index >= 15 is 0 Å². The SMILES string of the molecule is CCCCOc1ccc(-c2ccc(-c3cc(C(=O)O)c4cc(C)ccc4n3)cc2)cc1. The minimum atomic E-state index is -0.947. The number of nitrogens with zero attached hydrogens (tertiary/aromatic N) is 1. The molecule has 0 aliphatic carbocycles. The lowest BCUT2D eigenvalue weighted by atomic mass is 10.00. The molecule has 4 aromatic rings. The lowest BCUT2D eigenvalue weighted by molar-refractivity contribution is 0.0699. The van der Waals surface area contributed by atoms with Crippen LogP contribution in [0.15, 0.2) is 72.8 Å². The molecule has 1 heterocycles. The number of fused-ring (bicyclic) bond motifs is 1. The molecule has 1 N–H and O–H groups in total. The van der Waals surface area contributed by atoms with Gasteiger partial charge in [-0.2, -0.15) is 0 Å². The van der Waals surface area contributed by atoms with Crippen LogP contribution in [0.4, 0.5) is 0 Å². The molecule has 4 nitrogen and oxygen atoms in total. The van der Waals surface area contributed by atoms with E-state index in [-0.39, 0.29) is 5.56 Å². The molecule has 31 heavy (non-hydrogen) atoms. The van der Waals surface area contributed by atoms with Crippen LogP contribution in [0, 0.1) is 6.92 Å². The third-order valence-electron chi connectivity index (χ3n) is 5.33. The monoisotopic (exact) mass is 411 g/mol. The Kier molecular flexibility index (Phi) is 5.99. The largest absolute Gasteiger partial charge is 0.494 e. The van der Waals surface area contributed by atoms with E-state index in [1.807, 2.05) is 61.5 Å². The van der Waals surface area contributed by atoms with Gasteiger partial charge in [-0.3, -0.25) is 0 Å². The summed E-state index contributed by atoms with van der Waals surface area (Å²) in [5.41, 5.74) is 5.68. The molecule has 0 aliphatic heterocycles. The number of ether oxygens (including phenoxy) is 1. The van der Waals surface area contributed by atoms with Crippen molar-refractivity contribution in [2.75, 3.05) is 6.61 Å². The molecule has 1 aromatic heterocycles. The predicted molar refractivity (Wildman–Crippen MR) is 125 cm³/mol. The number of aryl methyl sites for hydroxylation is 1. The van der Waals surface area contributed by atoms with E-state index < -0.39 is 5.97 Å². The average molecular weight is 412 g/mol. The molecule has 0 amide bonds. The van der Waals surface area contributed by atoms with Gasteiger partial charge >= 0.3 is 5.97 Å². The van der Waals surface area contributed by atoms with E-state index in [4.69, 9.17) is 9.72 Å². The van der Waals surface area contributed by atoms with Crippen LogP contribution in [0.25, 0.3) is 33.3 Å². The highest BCUT2D eigenvalue weighted by Crippen LogP contribution is 2.29. The van der Waals surface area contributed by atoms with Gasteiger partial charge in [0.1, 0.15) is 5.75 Å². The number of hydrogen-bond acceptors (Lipinski definition) is 3. The van der Waals surface area contributed by atoms with Crippen molar-refractivity contribution in [1.29, 1.82) is 0 Å². The number of hydrogen-bond donors (Lipinski definition) is 1. The Bertz CT molecular complexity index is 1210. The Labute approximate surface area is 182 Å². The Morgan fingerprint density at radius 2 is 1.55 bits per heavy atom. The Morgan fingerprint density at radius 3 is 2.19 bits per heavy atom. The second kappa shape index (κ2) is 9.00. The molecule has 0 bridgehead atoms. The minimum Gasteiger partial charge on any atom is -0.494 e. The van der Waals surface area contributed by atoms with E-state index in [1.165, 1.54) is 0 Å².